The Morgan fingerprint density at radius 2 is 1.77 bits per heavy atom. The number of carbonyl (C=O) groups excluding carboxylic acids is 2. The Bertz CT molecular complexity index is 1040. The quantitative estimate of drug-likeness (QED) is 0.581. The van der Waals surface area contributed by atoms with Crippen molar-refractivity contribution in [1.29, 1.82) is 0 Å². The number of aryl methyl sites for hydroxylation is 1. The average molecular weight is 407 g/mol. The monoisotopic (exact) mass is 407 g/mol. The Kier molecular flexibility index (Phi) is 6.80. The molecule has 30 heavy (non-hydrogen) atoms. The smallest absolute Gasteiger partial charge is 0.311 e. The van der Waals surface area contributed by atoms with Gasteiger partial charge in [-0.3, -0.25) is 9.59 Å². The molecule has 0 fully saturated rings. The van der Waals surface area contributed by atoms with Gasteiger partial charge in [-0.15, -0.1) is 0 Å². The molecule has 1 N–H and O–H groups in total. The lowest BCUT2D eigenvalue weighted by Crippen LogP contribution is -2.26. The van der Waals surface area contributed by atoms with Gasteiger partial charge in [-0.2, -0.15) is 0 Å². The zero-order valence-corrected chi connectivity index (χ0v) is 16.7. The Hall–Kier alpha value is -3.67. The minimum absolute atomic E-state index is 0.151. The van der Waals surface area contributed by atoms with Crippen molar-refractivity contribution < 1.29 is 23.5 Å². The molecule has 0 bridgehead atoms. The van der Waals surface area contributed by atoms with Gasteiger partial charge in [-0.1, -0.05) is 48.5 Å². The van der Waals surface area contributed by atoms with E-state index < -0.39 is 23.8 Å². The normalized spacial score (nSPS) is 11.4. The van der Waals surface area contributed by atoms with Crippen LogP contribution in [0.4, 0.5) is 10.1 Å². The first-order valence-electron chi connectivity index (χ1n) is 9.40. The molecule has 0 aliphatic carbocycles. The molecule has 0 saturated carbocycles. The summed E-state index contributed by atoms with van der Waals surface area (Å²) in [5, 5.41) is 2.78. The van der Waals surface area contributed by atoms with Gasteiger partial charge < -0.3 is 14.8 Å². The second-order valence-corrected chi connectivity index (χ2v) is 6.78. The minimum atomic E-state index is -1.17. The Labute approximate surface area is 174 Å². The van der Waals surface area contributed by atoms with Crippen molar-refractivity contribution in [3.05, 3.63) is 95.3 Å². The molecule has 154 valence electrons. The molecule has 5 nitrogen and oxygen atoms in total. The molecular formula is C24H22FNO4. The molecule has 1 atom stereocenters. The molecule has 0 unspecified atom stereocenters. The Morgan fingerprint density at radius 3 is 2.47 bits per heavy atom. The van der Waals surface area contributed by atoms with E-state index >= 15 is 0 Å². The highest BCUT2D eigenvalue weighted by Crippen LogP contribution is 2.28. The van der Waals surface area contributed by atoms with E-state index in [-0.39, 0.29) is 6.42 Å². The number of nitrogens with one attached hydrogen (secondary N) is 1. The Morgan fingerprint density at radius 1 is 1.00 bits per heavy atom. The van der Waals surface area contributed by atoms with Crippen LogP contribution in [0.2, 0.25) is 0 Å². The van der Waals surface area contributed by atoms with Crippen LogP contribution in [-0.4, -0.2) is 19.0 Å². The van der Waals surface area contributed by atoms with Crippen molar-refractivity contribution in [3.63, 3.8) is 0 Å². The second kappa shape index (κ2) is 9.69. The van der Waals surface area contributed by atoms with Crippen molar-refractivity contribution in [3.8, 4) is 5.75 Å². The molecule has 0 heterocycles. The van der Waals surface area contributed by atoms with Crippen molar-refractivity contribution >= 4 is 17.6 Å². The van der Waals surface area contributed by atoms with Gasteiger partial charge in [-0.05, 0) is 42.3 Å². The lowest BCUT2D eigenvalue weighted by atomic mass is 10.1. The fourth-order valence-electron chi connectivity index (χ4n) is 3.01. The number of amides is 1. The van der Waals surface area contributed by atoms with Crippen LogP contribution < -0.4 is 10.1 Å². The van der Waals surface area contributed by atoms with Crippen LogP contribution in [0, 0.1) is 12.7 Å². The molecule has 0 aliphatic rings. The minimum Gasteiger partial charge on any atom is -0.495 e. The molecule has 3 aromatic carbocycles. The first-order chi connectivity index (χ1) is 14.5. The number of ether oxygens (including phenoxy) is 2. The van der Waals surface area contributed by atoms with Crippen LogP contribution in [0.1, 0.15) is 22.8 Å². The van der Waals surface area contributed by atoms with E-state index in [1.54, 1.807) is 48.5 Å². The molecular weight excluding hydrogens is 385 g/mol. The van der Waals surface area contributed by atoms with Crippen molar-refractivity contribution in [2.75, 3.05) is 12.4 Å². The number of hydrogen-bond donors (Lipinski definition) is 1. The summed E-state index contributed by atoms with van der Waals surface area (Å²) in [5.74, 6) is -1.10. The maximum absolute atomic E-state index is 13.4. The molecule has 3 aromatic rings. The first kappa shape index (κ1) is 21.0. The average Bonchev–Trinajstić information content (AvgIpc) is 2.73. The predicted octanol–water partition coefficient (Wildman–Crippen LogP) is 4.61. The standard InChI is InChI=1S/C24H22FNO4/c1-16-11-12-21(29-2)20(13-16)26-24(28)23(18-8-4-3-5-9-18)30-22(27)15-17-7-6-10-19(25)14-17/h3-14,23H,15H2,1-2H3,(H,26,28)/t23-/m0/s1. The summed E-state index contributed by atoms with van der Waals surface area (Å²) < 4.78 is 24.2. The summed E-state index contributed by atoms with van der Waals surface area (Å²) in [6.45, 7) is 1.89. The summed E-state index contributed by atoms with van der Waals surface area (Å²) in [7, 11) is 1.51. The van der Waals surface area contributed by atoms with E-state index in [4.69, 9.17) is 9.47 Å². The fourth-order valence-corrected chi connectivity index (χ4v) is 3.01. The molecule has 0 spiro atoms. The third-order valence-corrected chi connectivity index (χ3v) is 4.44. The van der Waals surface area contributed by atoms with Gasteiger partial charge in [0.05, 0.1) is 19.2 Å². The molecule has 0 saturated heterocycles. The van der Waals surface area contributed by atoms with Crippen LogP contribution in [0.15, 0.2) is 72.8 Å². The number of esters is 1. The zero-order chi connectivity index (χ0) is 21.5. The van der Waals surface area contributed by atoms with Crippen LogP contribution in [0.25, 0.3) is 0 Å². The second-order valence-electron chi connectivity index (χ2n) is 6.78. The van der Waals surface area contributed by atoms with Gasteiger partial charge in [0, 0.05) is 5.56 Å². The maximum Gasteiger partial charge on any atom is 0.311 e. The highest BCUT2D eigenvalue weighted by atomic mass is 19.1. The van der Waals surface area contributed by atoms with Crippen LogP contribution in [0.3, 0.4) is 0 Å². The SMILES string of the molecule is COc1ccc(C)cc1NC(=O)[C@@H](OC(=O)Cc1cccc(F)c1)c1ccccc1. The highest BCUT2D eigenvalue weighted by molar-refractivity contribution is 5.97. The van der Waals surface area contributed by atoms with E-state index in [2.05, 4.69) is 5.32 Å². The molecule has 1 amide bonds. The zero-order valence-electron chi connectivity index (χ0n) is 16.7. The predicted molar refractivity (Wildman–Crippen MR) is 112 cm³/mol. The third kappa shape index (κ3) is 5.44. The number of rotatable bonds is 7. The van der Waals surface area contributed by atoms with Gasteiger partial charge in [0.15, 0.2) is 0 Å². The van der Waals surface area contributed by atoms with Crippen LogP contribution in [0.5, 0.6) is 5.75 Å². The number of halogens is 1. The van der Waals surface area contributed by atoms with Gasteiger partial charge in [0.25, 0.3) is 5.91 Å². The van der Waals surface area contributed by atoms with Gasteiger partial charge in [0.1, 0.15) is 11.6 Å². The van der Waals surface area contributed by atoms with Crippen LogP contribution in [-0.2, 0) is 20.7 Å². The van der Waals surface area contributed by atoms with E-state index in [1.807, 2.05) is 13.0 Å². The summed E-state index contributed by atoms with van der Waals surface area (Å²) >= 11 is 0. The number of anilines is 1. The third-order valence-electron chi connectivity index (χ3n) is 4.44. The lowest BCUT2D eigenvalue weighted by Gasteiger charge is -2.19. The van der Waals surface area contributed by atoms with Crippen molar-refractivity contribution in [2.45, 2.75) is 19.4 Å². The van der Waals surface area contributed by atoms with Gasteiger partial charge >= 0.3 is 5.97 Å². The summed E-state index contributed by atoms with van der Waals surface area (Å²) in [6, 6.07) is 19.8. The first-order valence-corrected chi connectivity index (χ1v) is 9.40. The molecule has 6 heteroatoms. The summed E-state index contributed by atoms with van der Waals surface area (Å²) in [5.41, 5.74) is 2.40. The molecule has 0 aromatic heterocycles. The van der Waals surface area contributed by atoms with Gasteiger partial charge in [-0.25, -0.2) is 4.39 Å². The summed E-state index contributed by atoms with van der Waals surface area (Å²) in [4.78, 5) is 25.5. The summed E-state index contributed by atoms with van der Waals surface area (Å²) in [6.07, 6.45) is -1.32. The number of carbonyl (C=O) groups is 2. The van der Waals surface area contributed by atoms with E-state index in [1.165, 1.54) is 25.3 Å². The lowest BCUT2D eigenvalue weighted by molar-refractivity contribution is -0.154. The highest BCUT2D eigenvalue weighted by Gasteiger charge is 2.26. The number of benzene rings is 3. The fraction of sp³-hybridized carbons (Fsp3) is 0.167. The molecule has 3 rings (SSSR count). The molecule has 0 aliphatic heterocycles. The molecule has 0 radical (unpaired) electrons. The van der Waals surface area contributed by atoms with Crippen molar-refractivity contribution in [1.82, 2.24) is 0 Å². The Balaban J connectivity index is 1.81. The number of hydrogen-bond acceptors (Lipinski definition) is 4. The van der Waals surface area contributed by atoms with Gasteiger partial charge in [0.2, 0.25) is 6.10 Å². The maximum atomic E-state index is 13.4. The van der Waals surface area contributed by atoms with Crippen molar-refractivity contribution in [2.24, 2.45) is 0 Å². The number of methoxy groups -OCH3 is 1. The topological polar surface area (TPSA) is 64.6 Å². The van der Waals surface area contributed by atoms with E-state index in [9.17, 15) is 14.0 Å². The van der Waals surface area contributed by atoms with E-state index in [0.29, 0.717) is 22.6 Å². The van der Waals surface area contributed by atoms with E-state index in [0.717, 1.165) is 5.56 Å². The van der Waals surface area contributed by atoms with Crippen LogP contribution >= 0.6 is 0 Å². The largest absolute Gasteiger partial charge is 0.495 e.